The zero-order chi connectivity index (χ0) is 21.8. The van der Waals surface area contributed by atoms with Crippen molar-refractivity contribution in [3.8, 4) is 0 Å². The molecule has 0 radical (unpaired) electrons. The summed E-state index contributed by atoms with van der Waals surface area (Å²) in [5.74, 6) is -0.640. The van der Waals surface area contributed by atoms with E-state index in [1.165, 1.54) is 29.0 Å². The molecule has 2 heterocycles. The number of carbonyl (C=O) groups is 2. The molecule has 0 spiro atoms. The van der Waals surface area contributed by atoms with Gasteiger partial charge in [-0.05, 0) is 36.8 Å². The number of rotatable bonds is 4. The van der Waals surface area contributed by atoms with Crippen LogP contribution in [0.4, 0.5) is 10.7 Å². The third kappa shape index (κ3) is 4.57. The largest absolute Gasteiger partial charge is 0.465 e. The van der Waals surface area contributed by atoms with Crippen LogP contribution in [0.1, 0.15) is 25.6 Å². The lowest BCUT2D eigenvalue weighted by atomic mass is 10.1. The molecule has 1 aliphatic heterocycles. The third-order valence-electron chi connectivity index (χ3n) is 5.05. The molecule has 0 saturated carbocycles. The van der Waals surface area contributed by atoms with Gasteiger partial charge in [0.15, 0.2) is 5.11 Å². The van der Waals surface area contributed by atoms with Gasteiger partial charge in [0.1, 0.15) is 5.00 Å². The second kappa shape index (κ2) is 9.44. The minimum absolute atomic E-state index is 0.155. The van der Waals surface area contributed by atoms with Crippen molar-refractivity contribution in [3.63, 3.8) is 0 Å². The minimum Gasteiger partial charge on any atom is -0.465 e. The van der Waals surface area contributed by atoms with Crippen molar-refractivity contribution in [1.82, 2.24) is 9.80 Å². The van der Waals surface area contributed by atoms with E-state index in [0.29, 0.717) is 26.1 Å². The minimum atomic E-state index is -0.485. The number of nitrogens with one attached hydrogen (secondary N) is 1. The Kier molecular flexibility index (Phi) is 6.94. The molecule has 0 unspecified atom stereocenters. The average Bonchev–Trinajstić information content (AvgIpc) is 3.08. The van der Waals surface area contributed by atoms with Crippen LogP contribution in [-0.4, -0.2) is 74.2 Å². The van der Waals surface area contributed by atoms with Gasteiger partial charge in [-0.3, -0.25) is 4.79 Å². The smallest absolute Gasteiger partial charge is 0.341 e. The van der Waals surface area contributed by atoms with Gasteiger partial charge in [0.05, 0.1) is 17.6 Å². The molecule has 1 fully saturated rings. The number of thiophene rings is 1. The van der Waals surface area contributed by atoms with Gasteiger partial charge in [-0.25, -0.2) is 4.79 Å². The summed E-state index contributed by atoms with van der Waals surface area (Å²) < 4.78 is 4.94. The van der Waals surface area contributed by atoms with E-state index in [0.717, 1.165) is 26.2 Å². The number of benzene rings is 1. The van der Waals surface area contributed by atoms with Gasteiger partial charge >= 0.3 is 5.97 Å². The van der Waals surface area contributed by atoms with Gasteiger partial charge in [-0.1, -0.05) is 18.2 Å². The second-order valence-electron chi connectivity index (χ2n) is 7.19. The number of methoxy groups -OCH3 is 1. The normalized spacial score (nSPS) is 13.7. The Morgan fingerprint density at radius 1 is 1.13 bits per heavy atom. The molecule has 1 N–H and O–H groups in total. The topological polar surface area (TPSA) is 65.1 Å². The molecule has 160 valence electrons. The molecular formula is C21H26N4O3S2. The number of anilines is 2. The molecule has 1 aliphatic rings. The molecule has 30 heavy (non-hydrogen) atoms. The van der Waals surface area contributed by atoms with E-state index in [4.69, 9.17) is 17.0 Å². The predicted octanol–water partition coefficient (Wildman–Crippen LogP) is 3.06. The van der Waals surface area contributed by atoms with Crippen molar-refractivity contribution in [2.45, 2.75) is 6.92 Å². The molecule has 0 bridgehead atoms. The van der Waals surface area contributed by atoms with E-state index in [9.17, 15) is 9.59 Å². The lowest BCUT2D eigenvalue weighted by Gasteiger charge is -2.37. The first-order valence-corrected chi connectivity index (χ1v) is 10.8. The quantitative estimate of drug-likeness (QED) is 0.572. The Hall–Kier alpha value is -2.65. The van der Waals surface area contributed by atoms with Crippen LogP contribution in [0.3, 0.4) is 0 Å². The molecule has 7 nitrogen and oxygen atoms in total. The number of para-hydroxylation sites is 1. The number of amides is 1. The zero-order valence-corrected chi connectivity index (χ0v) is 19.2. The zero-order valence-electron chi connectivity index (χ0n) is 17.6. The number of piperazine rings is 1. The Morgan fingerprint density at radius 3 is 2.33 bits per heavy atom. The van der Waals surface area contributed by atoms with Crippen molar-refractivity contribution in [3.05, 3.63) is 46.3 Å². The molecular weight excluding hydrogens is 420 g/mol. The Balaban J connectivity index is 1.74. The maximum absolute atomic E-state index is 12.5. The summed E-state index contributed by atoms with van der Waals surface area (Å²) in [6.45, 7) is 4.99. The number of hydrogen-bond acceptors (Lipinski definition) is 6. The van der Waals surface area contributed by atoms with Crippen LogP contribution in [0, 0.1) is 6.92 Å². The van der Waals surface area contributed by atoms with Crippen molar-refractivity contribution in [2.24, 2.45) is 0 Å². The van der Waals surface area contributed by atoms with E-state index in [1.807, 2.05) is 18.2 Å². The summed E-state index contributed by atoms with van der Waals surface area (Å²) in [4.78, 5) is 31.3. The third-order valence-corrected chi connectivity index (χ3v) is 6.60. The molecule has 1 aromatic heterocycles. The molecule has 2 aromatic rings. The van der Waals surface area contributed by atoms with Crippen molar-refractivity contribution >= 4 is 51.2 Å². The van der Waals surface area contributed by atoms with Crippen LogP contribution in [0.5, 0.6) is 0 Å². The highest BCUT2D eigenvalue weighted by atomic mass is 32.1. The summed E-state index contributed by atoms with van der Waals surface area (Å²) >= 11 is 6.85. The summed E-state index contributed by atoms with van der Waals surface area (Å²) in [5.41, 5.74) is 2.16. The van der Waals surface area contributed by atoms with Gasteiger partial charge in [-0.2, -0.15) is 0 Å². The van der Waals surface area contributed by atoms with Crippen molar-refractivity contribution < 1.29 is 14.3 Å². The first-order valence-electron chi connectivity index (χ1n) is 9.62. The van der Waals surface area contributed by atoms with Crippen LogP contribution in [0.15, 0.2) is 30.3 Å². The van der Waals surface area contributed by atoms with Crippen LogP contribution in [0.2, 0.25) is 0 Å². The lowest BCUT2D eigenvalue weighted by molar-refractivity contribution is 0.0601. The number of carbonyl (C=O) groups excluding carboxylic acids is 2. The highest BCUT2D eigenvalue weighted by molar-refractivity contribution is 7.80. The number of nitrogens with zero attached hydrogens (tertiary/aromatic N) is 3. The first kappa shape index (κ1) is 22.0. The molecule has 3 rings (SSSR count). The van der Waals surface area contributed by atoms with Gasteiger partial charge in [0.2, 0.25) is 0 Å². The predicted molar refractivity (Wildman–Crippen MR) is 125 cm³/mol. The molecule has 0 atom stereocenters. The van der Waals surface area contributed by atoms with Crippen LogP contribution in [0.25, 0.3) is 0 Å². The summed E-state index contributed by atoms with van der Waals surface area (Å²) in [7, 11) is 4.70. The fourth-order valence-corrected chi connectivity index (χ4v) is 4.90. The number of esters is 1. The SMILES string of the molecule is COC(=O)c1c(NC(=S)N2CCN(c3ccccc3)CC2)sc(C(=O)N(C)C)c1C. The van der Waals surface area contributed by atoms with Gasteiger partial charge < -0.3 is 24.8 Å². The maximum atomic E-state index is 12.5. The molecule has 1 amide bonds. The van der Waals surface area contributed by atoms with E-state index < -0.39 is 5.97 Å². The van der Waals surface area contributed by atoms with Gasteiger partial charge in [0.25, 0.3) is 5.91 Å². The Labute approximate surface area is 186 Å². The summed E-state index contributed by atoms with van der Waals surface area (Å²) in [5, 5.41) is 4.27. The van der Waals surface area contributed by atoms with Crippen molar-refractivity contribution in [2.75, 3.05) is 57.6 Å². The second-order valence-corrected chi connectivity index (χ2v) is 8.60. The number of hydrogen-bond donors (Lipinski definition) is 1. The number of thiocarbonyl (C=S) groups is 1. The summed E-state index contributed by atoms with van der Waals surface area (Å²) in [6, 6.07) is 10.3. The van der Waals surface area contributed by atoms with Crippen LogP contribution in [-0.2, 0) is 4.74 Å². The molecule has 9 heteroatoms. The Bertz CT molecular complexity index is 935. The highest BCUT2D eigenvalue weighted by Gasteiger charge is 2.28. The van der Waals surface area contributed by atoms with Crippen LogP contribution < -0.4 is 10.2 Å². The maximum Gasteiger partial charge on any atom is 0.341 e. The molecule has 1 saturated heterocycles. The summed E-state index contributed by atoms with van der Waals surface area (Å²) in [6.07, 6.45) is 0. The fourth-order valence-electron chi connectivity index (χ4n) is 3.34. The van der Waals surface area contributed by atoms with Crippen molar-refractivity contribution in [1.29, 1.82) is 0 Å². The standard InChI is InChI=1S/C21H26N4O3S2/c1-14-16(20(27)28-4)18(30-17(14)19(26)23(2)3)22-21(29)25-12-10-24(11-13-25)15-8-6-5-7-9-15/h5-9H,10-13H2,1-4H3,(H,22,29). The lowest BCUT2D eigenvalue weighted by Crippen LogP contribution is -2.50. The molecule has 0 aliphatic carbocycles. The van der Waals surface area contributed by atoms with E-state index in [1.54, 1.807) is 21.0 Å². The van der Waals surface area contributed by atoms with Gasteiger partial charge in [0, 0.05) is 46.0 Å². The molecule has 1 aromatic carbocycles. The van der Waals surface area contributed by atoms with Gasteiger partial charge in [-0.15, -0.1) is 11.3 Å². The number of ether oxygens (including phenoxy) is 1. The fraction of sp³-hybridized carbons (Fsp3) is 0.381. The van der Waals surface area contributed by atoms with E-state index >= 15 is 0 Å². The Morgan fingerprint density at radius 2 is 1.77 bits per heavy atom. The average molecular weight is 447 g/mol. The van der Waals surface area contributed by atoms with E-state index in [-0.39, 0.29) is 5.91 Å². The van der Waals surface area contributed by atoms with E-state index in [2.05, 4.69) is 27.2 Å². The monoisotopic (exact) mass is 446 g/mol. The first-order chi connectivity index (χ1) is 14.3. The van der Waals surface area contributed by atoms with Crippen LogP contribution >= 0.6 is 23.6 Å². The highest BCUT2D eigenvalue weighted by Crippen LogP contribution is 2.34.